The lowest BCUT2D eigenvalue weighted by atomic mass is 9.82. The molecule has 0 atom stereocenters. The van der Waals surface area contributed by atoms with Crippen LogP contribution >= 0.6 is 0 Å². The quantitative estimate of drug-likeness (QED) is 0.888. The number of nitrogens with zero attached hydrogens (tertiary/aromatic N) is 1. The number of amides is 1. The Kier molecular flexibility index (Phi) is 4.24. The van der Waals surface area contributed by atoms with Gasteiger partial charge in [0.05, 0.1) is 5.41 Å². The van der Waals surface area contributed by atoms with Crippen molar-refractivity contribution in [2.45, 2.75) is 37.7 Å². The molecular formula is C16H20FNO4. The zero-order chi connectivity index (χ0) is 16.5. The third-order valence-electron chi connectivity index (χ3n) is 4.36. The molecule has 1 fully saturated rings. The summed E-state index contributed by atoms with van der Waals surface area (Å²) in [6.07, 6.45) is -0.0133. The number of carboxylic acid groups (broad SMARTS) is 1. The van der Waals surface area contributed by atoms with E-state index in [1.165, 1.54) is 17.0 Å². The van der Waals surface area contributed by atoms with E-state index < -0.39 is 22.8 Å². The number of carboxylic acids is 1. The first-order valence-electron chi connectivity index (χ1n) is 7.18. The summed E-state index contributed by atoms with van der Waals surface area (Å²) in [4.78, 5) is 25.2. The van der Waals surface area contributed by atoms with E-state index in [0.717, 1.165) is 0 Å². The average Bonchev–Trinajstić information content (AvgIpc) is 2.47. The molecule has 1 saturated heterocycles. The van der Waals surface area contributed by atoms with Crippen molar-refractivity contribution in [3.8, 4) is 0 Å². The molecular weight excluding hydrogens is 289 g/mol. The Morgan fingerprint density at radius 2 is 1.86 bits per heavy atom. The normalized spacial score (nSPS) is 18.1. The van der Waals surface area contributed by atoms with Crippen LogP contribution in [0.3, 0.4) is 0 Å². The van der Waals surface area contributed by atoms with E-state index in [9.17, 15) is 19.1 Å². The molecule has 1 aliphatic rings. The van der Waals surface area contributed by atoms with Gasteiger partial charge in [-0.25, -0.2) is 9.18 Å². The van der Waals surface area contributed by atoms with Gasteiger partial charge < -0.3 is 15.1 Å². The fourth-order valence-corrected chi connectivity index (χ4v) is 2.69. The number of aliphatic hydroxyl groups is 1. The topological polar surface area (TPSA) is 77.8 Å². The van der Waals surface area contributed by atoms with E-state index in [0.29, 0.717) is 5.56 Å². The highest BCUT2D eigenvalue weighted by atomic mass is 19.1. The Morgan fingerprint density at radius 1 is 1.27 bits per heavy atom. The highest BCUT2D eigenvalue weighted by Crippen LogP contribution is 2.30. The molecule has 5 nitrogen and oxygen atoms in total. The molecule has 0 unspecified atom stereocenters. The minimum absolute atomic E-state index is 0.00664. The van der Waals surface area contributed by atoms with Gasteiger partial charge in [-0.15, -0.1) is 0 Å². The highest BCUT2D eigenvalue weighted by Gasteiger charge is 2.43. The van der Waals surface area contributed by atoms with Gasteiger partial charge >= 0.3 is 5.97 Å². The molecule has 0 saturated carbocycles. The van der Waals surface area contributed by atoms with Gasteiger partial charge in [-0.1, -0.05) is 12.1 Å². The van der Waals surface area contributed by atoms with Gasteiger partial charge in [0.1, 0.15) is 5.82 Å². The van der Waals surface area contributed by atoms with Crippen molar-refractivity contribution >= 4 is 11.9 Å². The number of benzene rings is 1. The van der Waals surface area contributed by atoms with Crippen molar-refractivity contribution in [2.24, 2.45) is 0 Å². The maximum Gasteiger partial charge on any atom is 0.335 e. The van der Waals surface area contributed by atoms with Gasteiger partial charge in [-0.05, 0) is 31.5 Å². The summed E-state index contributed by atoms with van der Waals surface area (Å²) < 4.78 is 13.4. The Bertz CT molecular complexity index is 592. The third-order valence-corrected chi connectivity index (χ3v) is 4.36. The molecule has 1 amide bonds. The lowest BCUT2D eigenvalue weighted by Gasteiger charge is -2.39. The Morgan fingerprint density at radius 3 is 2.36 bits per heavy atom. The minimum atomic E-state index is -1.76. The molecule has 0 bridgehead atoms. The highest BCUT2D eigenvalue weighted by molar-refractivity contribution is 5.88. The van der Waals surface area contributed by atoms with Crippen LogP contribution in [0.2, 0.25) is 0 Å². The molecule has 0 aromatic heterocycles. The summed E-state index contributed by atoms with van der Waals surface area (Å²) in [5.41, 5.74) is -2.11. The molecule has 6 heteroatoms. The second kappa shape index (κ2) is 5.68. The maximum atomic E-state index is 13.4. The zero-order valence-electron chi connectivity index (χ0n) is 12.7. The standard InChI is InChI=1S/C16H20FNO4/c1-15(2,11-4-3-5-12(17)10-11)13(19)18-8-6-16(22,7-9-18)14(20)21/h3-5,10,22H,6-9H2,1-2H3,(H,20,21). The van der Waals surface area contributed by atoms with Crippen LogP contribution in [0.1, 0.15) is 32.3 Å². The molecule has 0 spiro atoms. The number of piperidine rings is 1. The molecule has 120 valence electrons. The molecule has 0 aliphatic carbocycles. The number of hydrogen-bond donors (Lipinski definition) is 2. The summed E-state index contributed by atoms with van der Waals surface area (Å²) in [5, 5.41) is 18.9. The second-order valence-electron chi connectivity index (χ2n) is 6.26. The van der Waals surface area contributed by atoms with Crippen LogP contribution in [0.4, 0.5) is 4.39 Å². The average molecular weight is 309 g/mol. The first-order chi connectivity index (χ1) is 10.2. The van der Waals surface area contributed by atoms with Gasteiger partial charge in [0, 0.05) is 25.9 Å². The van der Waals surface area contributed by atoms with Crippen molar-refractivity contribution in [2.75, 3.05) is 13.1 Å². The first kappa shape index (κ1) is 16.4. The van der Waals surface area contributed by atoms with Crippen LogP contribution in [0.25, 0.3) is 0 Å². The number of carbonyl (C=O) groups excluding carboxylic acids is 1. The van der Waals surface area contributed by atoms with Crippen LogP contribution < -0.4 is 0 Å². The molecule has 1 heterocycles. The van der Waals surface area contributed by atoms with E-state index in [1.807, 2.05) is 0 Å². The molecule has 1 aromatic rings. The predicted octanol–water partition coefficient (Wildman–Crippen LogP) is 1.54. The van der Waals surface area contributed by atoms with Crippen molar-refractivity contribution in [3.05, 3.63) is 35.6 Å². The first-order valence-corrected chi connectivity index (χ1v) is 7.18. The molecule has 0 radical (unpaired) electrons. The number of likely N-dealkylation sites (tertiary alicyclic amines) is 1. The Labute approximate surface area is 128 Å². The van der Waals surface area contributed by atoms with Crippen molar-refractivity contribution < 1.29 is 24.2 Å². The van der Waals surface area contributed by atoms with Gasteiger partial charge in [0.2, 0.25) is 5.91 Å². The largest absolute Gasteiger partial charge is 0.479 e. The summed E-state index contributed by atoms with van der Waals surface area (Å²) in [6.45, 7) is 3.75. The fraction of sp³-hybridized carbons (Fsp3) is 0.500. The molecule has 2 rings (SSSR count). The van der Waals surface area contributed by atoms with E-state index in [2.05, 4.69) is 0 Å². The van der Waals surface area contributed by atoms with Crippen LogP contribution in [0, 0.1) is 5.82 Å². The minimum Gasteiger partial charge on any atom is -0.479 e. The monoisotopic (exact) mass is 309 g/mol. The van der Waals surface area contributed by atoms with Crippen LogP contribution in [0.5, 0.6) is 0 Å². The number of carbonyl (C=O) groups is 2. The summed E-state index contributed by atoms with van der Waals surface area (Å²) in [6, 6.07) is 5.89. The van der Waals surface area contributed by atoms with E-state index in [1.54, 1.807) is 26.0 Å². The molecule has 1 aromatic carbocycles. The van der Waals surface area contributed by atoms with Crippen LogP contribution in [0.15, 0.2) is 24.3 Å². The number of aliphatic carboxylic acids is 1. The second-order valence-corrected chi connectivity index (χ2v) is 6.26. The lowest BCUT2D eigenvalue weighted by molar-refractivity contribution is -0.166. The maximum absolute atomic E-state index is 13.4. The van der Waals surface area contributed by atoms with E-state index >= 15 is 0 Å². The van der Waals surface area contributed by atoms with E-state index in [4.69, 9.17) is 5.11 Å². The molecule has 2 N–H and O–H groups in total. The van der Waals surface area contributed by atoms with Crippen molar-refractivity contribution in [1.82, 2.24) is 4.90 Å². The number of rotatable bonds is 3. The third kappa shape index (κ3) is 2.97. The van der Waals surface area contributed by atoms with Gasteiger partial charge in [0.15, 0.2) is 5.60 Å². The van der Waals surface area contributed by atoms with Gasteiger partial charge in [-0.2, -0.15) is 0 Å². The molecule has 22 heavy (non-hydrogen) atoms. The smallest absolute Gasteiger partial charge is 0.335 e. The van der Waals surface area contributed by atoms with E-state index in [-0.39, 0.29) is 31.8 Å². The van der Waals surface area contributed by atoms with Gasteiger partial charge in [-0.3, -0.25) is 4.79 Å². The van der Waals surface area contributed by atoms with Crippen molar-refractivity contribution in [1.29, 1.82) is 0 Å². The predicted molar refractivity (Wildman–Crippen MR) is 77.8 cm³/mol. The van der Waals surface area contributed by atoms with Gasteiger partial charge in [0.25, 0.3) is 0 Å². The Balaban J connectivity index is 2.14. The Hall–Kier alpha value is -1.95. The SMILES string of the molecule is CC(C)(C(=O)N1CCC(O)(C(=O)O)CC1)c1cccc(F)c1. The summed E-state index contributed by atoms with van der Waals surface area (Å²) >= 11 is 0. The van der Waals surface area contributed by atoms with Crippen LogP contribution in [-0.2, 0) is 15.0 Å². The molecule has 1 aliphatic heterocycles. The summed E-state index contributed by atoms with van der Waals surface area (Å²) in [5.74, 6) is -1.87. The number of halogens is 1. The zero-order valence-corrected chi connectivity index (χ0v) is 12.7. The van der Waals surface area contributed by atoms with Crippen LogP contribution in [-0.4, -0.2) is 45.7 Å². The lowest BCUT2D eigenvalue weighted by Crippen LogP contribution is -2.54. The fourth-order valence-electron chi connectivity index (χ4n) is 2.69. The number of hydrogen-bond acceptors (Lipinski definition) is 3. The van der Waals surface area contributed by atoms with Crippen molar-refractivity contribution in [3.63, 3.8) is 0 Å². The summed E-state index contributed by atoms with van der Waals surface area (Å²) in [7, 11) is 0.